The molecule has 1 aromatic rings. The summed E-state index contributed by atoms with van der Waals surface area (Å²) in [6, 6.07) is 0. The van der Waals surface area contributed by atoms with Crippen LogP contribution < -0.4 is 0 Å². The lowest BCUT2D eigenvalue weighted by Crippen LogP contribution is -2.31. The van der Waals surface area contributed by atoms with Gasteiger partial charge in [-0.1, -0.05) is 50.5 Å². The minimum Gasteiger partial charge on any atom is -0.389 e. The van der Waals surface area contributed by atoms with Crippen molar-refractivity contribution in [1.29, 1.82) is 0 Å². The first-order valence-corrected chi connectivity index (χ1v) is 11.7. The van der Waals surface area contributed by atoms with Gasteiger partial charge >= 0.3 is 0 Å². The minimum absolute atomic E-state index is 0.122. The molecule has 1 aliphatic heterocycles. The Kier molecular flexibility index (Phi) is 6.81. The van der Waals surface area contributed by atoms with Crippen molar-refractivity contribution in [1.82, 2.24) is 9.99 Å². The number of aliphatic hydroxyl groups excluding tert-OH is 1. The van der Waals surface area contributed by atoms with Crippen molar-refractivity contribution in [2.24, 2.45) is 11.0 Å². The van der Waals surface area contributed by atoms with Crippen LogP contribution in [0.5, 0.6) is 0 Å². The molecule has 0 bridgehead atoms. The summed E-state index contributed by atoms with van der Waals surface area (Å²) in [4.78, 5) is 18.0. The number of carbonyl (C=O) groups excluding carboxylic acids is 1. The number of hydrogen-bond donors (Lipinski definition) is 1. The van der Waals surface area contributed by atoms with Crippen molar-refractivity contribution in [2.75, 3.05) is 6.54 Å². The van der Waals surface area contributed by atoms with E-state index >= 15 is 0 Å². The molecular formula is C26H33N3O2. The lowest BCUT2D eigenvalue weighted by molar-refractivity contribution is -0.134. The van der Waals surface area contributed by atoms with Crippen molar-refractivity contribution in [2.45, 2.75) is 71.3 Å². The fourth-order valence-corrected chi connectivity index (χ4v) is 4.85. The van der Waals surface area contributed by atoms with Gasteiger partial charge in [-0.15, -0.1) is 0 Å². The van der Waals surface area contributed by atoms with Gasteiger partial charge in [-0.05, 0) is 60.9 Å². The number of pyridine rings is 1. The number of aromatic nitrogens is 1. The Labute approximate surface area is 185 Å². The maximum Gasteiger partial charge on any atom is 0.246 e. The fraction of sp³-hybridized carbons (Fsp3) is 0.500. The van der Waals surface area contributed by atoms with Crippen LogP contribution in [0.15, 0.2) is 29.4 Å². The molecular weight excluding hydrogens is 386 g/mol. The highest BCUT2D eigenvalue weighted by atomic mass is 16.3. The molecule has 1 fully saturated rings. The Morgan fingerprint density at radius 2 is 2.06 bits per heavy atom. The summed E-state index contributed by atoms with van der Waals surface area (Å²) >= 11 is 0. The predicted octanol–water partition coefficient (Wildman–Crippen LogP) is 4.62. The van der Waals surface area contributed by atoms with Gasteiger partial charge in [0.25, 0.3) is 0 Å². The molecule has 1 unspecified atom stereocenters. The Balaban J connectivity index is 1.68. The second kappa shape index (κ2) is 9.73. The smallest absolute Gasteiger partial charge is 0.246 e. The predicted molar refractivity (Wildman–Crippen MR) is 126 cm³/mol. The van der Waals surface area contributed by atoms with Crippen LogP contribution in [0.3, 0.4) is 0 Å². The van der Waals surface area contributed by atoms with Crippen LogP contribution in [0, 0.1) is 12.8 Å². The number of nitrogens with zero attached hydrogens (tertiary/aromatic N) is 3. The molecule has 3 aliphatic rings. The van der Waals surface area contributed by atoms with Gasteiger partial charge in [0.05, 0.1) is 24.0 Å². The third-order valence-electron chi connectivity index (χ3n) is 6.61. The lowest BCUT2D eigenvalue weighted by atomic mass is 9.90. The van der Waals surface area contributed by atoms with Gasteiger partial charge in [0.2, 0.25) is 5.91 Å². The summed E-state index contributed by atoms with van der Waals surface area (Å²) in [5.41, 5.74) is 6.76. The van der Waals surface area contributed by atoms with Crippen LogP contribution in [0.25, 0.3) is 11.6 Å². The monoisotopic (exact) mass is 419 g/mol. The summed E-state index contributed by atoms with van der Waals surface area (Å²) in [5, 5.41) is 16.0. The molecule has 2 heterocycles. The second-order valence-electron chi connectivity index (χ2n) is 8.81. The van der Waals surface area contributed by atoms with Crippen molar-refractivity contribution >= 4 is 23.8 Å². The van der Waals surface area contributed by atoms with Crippen LogP contribution in [-0.2, 0) is 17.6 Å². The molecule has 1 saturated carbocycles. The number of hydrazone groups is 1. The molecule has 0 radical (unpaired) electrons. The molecule has 0 saturated heterocycles. The Hall–Kier alpha value is -2.53. The first kappa shape index (κ1) is 21.7. The molecule has 1 aromatic heterocycles. The van der Waals surface area contributed by atoms with E-state index < -0.39 is 6.10 Å². The molecule has 4 rings (SSSR count). The molecule has 31 heavy (non-hydrogen) atoms. The molecule has 164 valence electrons. The zero-order valence-corrected chi connectivity index (χ0v) is 18.7. The van der Waals surface area contributed by atoms with Crippen LogP contribution >= 0.6 is 0 Å². The number of rotatable bonds is 4. The summed E-state index contributed by atoms with van der Waals surface area (Å²) in [5.74, 6) is 0.272. The second-order valence-corrected chi connectivity index (χ2v) is 8.81. The minimum atomic E-state index is -0.410. The topological polar surface area (TPSA) is 65.8 Å². The average molecular weight is 420 g/mol. The van der Waals surface area contributed by atoms with Gasteiger partial charge < -0.3 is 5.11 Å². The quantitative estimate of drug-likeness (QED) is 0.774. The summed E-state index contributed by atoms with van der Waals surface area (Å²) < 4.78 is 0. The van der Waals surface area contributed by atoms with E-state index in [9.17, 15) is 9.90 Å². The van der Waals surface area contributed by atoms with E-state index in [4.69, 9.17) is 4.98 Å². The highest BCUT2D eigenvalue weighted by Gasteiger charge is 2.27. The Morgan fingerprint density at radius 3 is 2.77 bits per heavy atom. The van der Waals surface area contributed by atoms with E-state index in [-0.39, 0.29) is 11.8 Å². The summed E-state index contributed by atoms with van der Waals surface area (Å²) in [7, 11) is 0. The molecule has 0 spiro atoms. The molecule has 5 heteroatoms. The van der Waals surface area contributed by atoms with Crippen molar-refractivity contribution < 1.29 is 9.90 Å². The molecule has 1 amide bonds. The number of aliphatic hydroxyl groups is 1. The van der Waals surface area contributed by atoms with E-state index in [0.717, 1.165) is 55.5 Å². The molecule has 1 atom stereocenters. The largest absolute Gasteiger partial charge is 0.389 e. The normalized spacial score (nSPS) is 22.5. The van der Waals surface area contributed by atoms with Gasteiger partial charge in [0.1, 0.15) is 0 Å². The first-order valence-electron chi connectivity index (χ1n) is 11.7. The van der Waals surface area contributed by atoms with E-state index in [1.165, 1.54) is 16.7 Å². The SMILES string of the molecule is CCCc1c(C2=CCC(O)C=C2)nc2c(c1C)C/C=N\N(C(=O)C1CCCC1)CC=C2. The average Bonchev–Trinajstić information content (AvgIpc) is 3.33. The molecule has 5 nitrogen and oxygen atoms in total. The number of allylic oxidation sites excluding steroid dienone is 2. The van der Waals surface area contributed by atoms with E-state index in [1.54, 1.807) is 5.01 Å². The van der Waals surface area contributed by atoms with E-state index in [2.05, 4.69) is 25.0 Å². The zero-order valence-electron chi connectivity index (χ0n) is 18.7. The van der Waals surface area contributed by atoms with Gasteiger partial charge in [-0.2, -0.15) is 5.10 Å². The third kappa shape index (κ3) is 4.72. The maximum atomic E-state index is 12.9. The highest BCUT2D eigenvalue weighted by molar-refractivity contribution is 5.81. The number of fused-ring (bicyclic) bond motifs is 1. The van der Waals surface area contributed by atoms with Crippen molar-refractivity contribution in [3.8, 4) is 0 Å². The standard InChI is InChI=1S/C26H33N3O2/c1-3-7-23-18(2)22-15-16-27-29(26(31)20-8-4-5-9-20)17-6-10-24(22)28-25(23)19-11-13-21(30)14-12-19/h6,10-13,16,20-21,30H,3-5,7-9,14-15,17H2,1-2H3/b10-6?,27-16-. The van der Waals surface area contributed by atoms with Crippen LogP contribution in [0.2, 0.25) is 0 Å². The number of carbonyl (C=O) groups is 1. The van der Waals surface area contributed by atoms with Crippen molar-refractivity contribution in [3.63, 3.8) is 0 Å². The van der Waals surface area contributed by atoms with Gasteiger partial charge in [0, 0.05) is 18.6 Å². The van der Waals surface area contributed by atoms with Gasteiger partial charge in [-0.3, -0.25) is 4.79 Å². The zero-order chi connectivity index (χ0) is 21.8. The van der Waals surface area contributed by atoms with Gasteiger partial charge in [-0.25, -0.2) is 9.99 Å². The summed E-state index contributed by atoms with van der Waals surface area (Å²) in [6.45, 7) is 4.85. The summed E-state index contributed by atoms with van der Waals surface area (Å²) in [6.07, 6.45) is 19.0. The van der Waals surface area contributed by atoms with Crippen molar-refractivity contribution in [3.05, 3.63) is 52.4 Å². The highest BCUT2D eigenvalue weighted by Crippen LogP contribution is 2.31. The fourth-order valence-electron chi connectivity index (χ4n) is 4.85. The molecule has 0 aromatic carbocycles. The van der Waals surface area contributed by atoms with E-state index in [0.29, 0.717) is 19.4 Å². The third-order valence-corrected chi connectivity index (χ3v) is 6.61. The van der Waals surface area contributed by atoms with E-state index in [1.807, 2.05) is 30.5 Å². The Bertz CT molecular complexity index is 952. The number of hydrogen-bond acceptors (Lipinski definition) is 4. The maximum absolute atomic E-state index is 12.9. The first-order chi connectivity index (χ1) is 15.1. The molecule has 2 aliphatic carbocycles. The lowest BCUT2D eigenvalue weighted by Gasteiger charge is -2.20. The molecule has 1 N–H and O–H groups in total. The number of amides is 1. The van der Waals surface area contributed by atoms with Crippen LogP contribution in [-0.4, -0.2) is 39.9 Å². The van der Waals surface area contributed by atoms with Crippen LogP contribution in [0.1, 0.15) is 73.5 Å². The van der Waals surface area contributed by atoms with Gasteiger partial charge in [0.15, 0.2) is 0 Å². The van der Waals surface area contributed by atoms with Crippen LogP contribution in [0.4, 0.5) is 0 Å². The Morgan fingerprint density at radius 1 is 1.26 bits per heavy atom.